The van der Waals surface area contributed by atoms with Crippen LogP contribution in [-0.4, -0.2) is 26.3 Å². The minimum Gasteiger partial charge on any atom is -0.330 e. The summed E-state index contributed by atoms with van der Waals surface area (Å²) in [6.07, 6.45) is 0.773. The molecule has 0 aliphatic carbocycles. The van der Waals surface area contributed by atoms with Gasteiger partial charge in [0.1, 0.15) is 10.7 Å². The van der Waals surface area contributed by atoms with E-state index in [1.54, 1.807) is 0 Å². The van der Waals surface area contributed by atoms with Crippen LogP contribution < -0.4 is 5.73 Å². The van der Waals surface area contributed by atoms with Crippen LogP contribution in [0.25, 0.3) is 10.7 Å². The van der Waals surface area contributed by atoms with Gasteiger partial charge >= 0.3 is 0 Å². The van der Waals surface area contributed by atoms with Gasteiger partial charge in [0.25, 0.3) is 0 Å². The Kier molecular flexibility index (Phi) is 2.57. The average molecular weight is 213 g/mol. The molecule has 2 rings (SSSR count). The second kappa shape index (κ2) is 3.86. The first-order valence-corrected chi connectivity index (χ1v) is 5.35. The van der Waals surface area contributed by atoms with Crippen LogP contribution in [0.15, 0.2) is 5.38 Å². The zero-order chi connectivity index (χ0) is 9.10. The Hall–Kier alpha value is -0.920. The van der Waals surface area contributed by atoms with Crippen LogP contribution in [0.3, 0.4) is 0 Å². The second-order valence-corrected chi connectivity index (χ2v) is 4.00. The Morgan fingerprint density at radius 1 is 1.31 bits per heavy atom. The molecule has 0 fully saturated rings. The molecule has 2 aromatic heterocycles. The molecule has 0 aliphatic heterocycles. The van der Waals surface area contributed by atoms with Crippen molar-refractivity contribution in [3.63, 3.8) is 0 Å². The molecule has 0 amide bonds. The lowest BCUT2D eigenvalue weighted by Crippen LogP contribution is -2.01. The summed E-state index contributed by atoms with van der Waals surface area (Å²) in [6, 6.07) is 0. The highest BCUT2D eigenvalue weighted by atomic mass is 32.1. The minimum absolute atomic E-state index is 0.601. The normalized spacial score (nSPS) is 10.5. The Morgan fingerprint density at radius 2 is 2.23 bits per heavy atom. The molecular weight excluding hydrogens is 206 g/mol. The number of rotatable bonds is 3. The van der Waals surface area contributed by atoms with E-state index in [-0.39, 0.29) is 0 Å². The first-order chi connectivity index (χ1) is 6.40. The summed E-state index contributed by atoms with van der Waals surface area (Å²) in [4.78, 5) is 0. The Bertz CT molecular complexity index is 368. The summed E-state index contributed by atoms with van der Waals surface area (Å²) in [6.45, 7) is 0.601. The Morgan fingerprint density at radius 3 is 2.92 bits per heavy atom. The maximum Gasteiger partial charge on any atom is 0.169 e. The van der Waals surface area contributed by atoms with Gasteiger partial charge in [0.15, 0.2) is 5.01 Å². The lowest BCUT2D eigenvalue weighted by Gasteiger charge is -1.84. The van der Waals surface area contributed by atoms with E-state index in [1.165, 1.54) is 22.9 Å². The quantitative estimate of drug-likeness (QED) is 0.806. The van der Waals surface area contributed by atoms with Gasteiger partial charge in [0.05, 0.1) is 0 Å². The van der Waals surface area contributed by atoms with Crippen LogP contribution in [0.4, 0.5) is 0 Å². The monoisotopic (exact) mass is 213 g/mol. The fourth-order valence-corrected chi connectivity index (χ4v) is 2.17. The first kappa shape index (κ1) is 8.67. The topological polar surface area (TPSA) is 77.6 Å². The first-order valence-electron chi connectivity index (χ1n) is 3.70. The molecule has 68 valence electrons. The summed E-state index contributed by atoms with van der Waals surface area (Å²) in [5.41, 5.74) is 6.20. The van der Waals surface area contributed by atoms with Crippen molar-refractivity contribution in [2.45, 2.75) is 6.42 Å². The minimum atomic E-state index is 0.601. The van der Waals surface area contributed by atoms with Crippen LogP contribution in [0.5, 0.6) is 0 Å². The third-order valence-electron chi connectivity index (χ3n) is 1.40. The molecule has 2 heterocycles. The standard InChI is InChI=1S/C6H7N5S2/c7-2-1-5-9-10-6(13-5)4-3-12-11-8-4/h3H,1-2,7H2. The number of aromatic nitrogens is 4. The highest BCUT2D eigenvalue weighted by Crippen LogP contribution is 2.21. The highest BCUT2D eigenvalue weighted by molar-refractivity contribution is 7.15. The molecule has 0 aromatic carbocycles. The summed E-state index contributed by atoms with van der Waals surface area (Å²) < 4.78 is 3.76. The highest BCUT2D eigenvalue weighted by Gasteiger charge is 2.07. The molecule has 0 bridgehead atoms. The van der Waals surface area contributed by atoms with Crippen molar-refractivity contribution in [1.29, 1.82) is 0 Å². The van der Waals surface area contributed by atoms with Gasteiger partial charge in [-0.2, -0.15) is 0 Å². The van der Waals surface area contributed by atoms with Crippen molar-refractivity contribution in [2.75, 3.05) is 6.54 Å². The van der Waals surface area contributed by atoms with Gasteiger partial charge in [-0.3, -0.25) is 0 Å². The molecule has 2 aromatic rings. The molecular formula is C6H7N5S2. The van der Waals surface area contributed by atoms with E-state index in [0.717, 1.165) is 22.1 Å². The molecule has 13 heavy (non-hydrogen) atoms. The molecule has 2 N–H and O–H groups in total. The largest absolute Gasteiger partial charge is 0.330 e. The van der Waals surface area contributed by atoms with Gasteiger partial charge in [0, 0.05) is 11.8 Å². The Labute approximate surface area is 82.8 Å². The molecule has 0 saturated heterocycles. The summed E-state index contributed by atoms with van der Waals surface area (Å²) in [7, 11) is 0. The van der Waals surface area contributed by atoms with E-state index in [2.05, 4.69) is 19.8 Å². The maximum atomic E-state index is 5.40. The van der Waals surface area contributed by atoms with Crippen molar-refractivity contribution in [3.05, 3.63) is 10.4 Å². The third kappa shape index (κ3) is 1.87. The van der Waals surface area contributed by atoms with Gasteiger partial charge in [-0.05, 0) is 18.1 Å². The van der Waals surface area contributed by atoms with Crippen molar-refractivity contribution >= 4 is 22.9 Å². The maximum absolute atomic E-state index is 5.40. The number of nitrogens with zero attached hydrogens (tertiary/aromatic N) is 4. The molecule has 0 unspecified atom stereocenters. The van der Waals surface area contributed by atoms with E-state index in [9.17, 15) is 0 Å². The second-order valence-electron chi connectivity index (χ2n) is 2.33. The fraction of sp³-hybridized carbons (Fsp3) is 0.333. The molecule has 5 nitrogen and oxygen atoms in total. The van der Waals surface area contributed by atoms with Crippen molar-refractivity contribution in [1.82, 2.24) is 19.8 Å². The summed E-state index contributed by atoms with van der Waals surface area (Å²) in [5.74, 6) is 0. The number of nitrogens with two attached hydrogens (primary N) is 1. The van der Waals surface area contributed by atoms with E-state index in [1.807, 2.05) is 5.38 Å². The van der Waals surface area contributed by atoms with Crippen molar-refractivity contribution in [2.24, 2.45) is 5.73 Å². The molecule has 0 saturated carbocycles. The average Bonchev–Trinajstić information content (AvgIpc) is 2.70. The molecule has 0 radical (unpaired) electrons. The van der Waals surface area contributed by atoms with E-state index in [0.29, 0.717) is 6.54 Å². The van der Waals surface area contributed by atoms with Crippen LogP contribution in [0.1, 0.15) is 5.01 Å². The fourth-order valence-electron chi connectivity index (χ4n) is 0.839. The van der Waals surface area contributed by atoms with E-state index >= 15 is 0 Å². The molecule has 0 spiro atoms. The number of hydrogen-bond acceptors (Lipinski definition) is 7. The van der Waals surface area contributed by atoms with Gasteiger partial charge in [-0.25, -0.2) is 0 Å². The van der Waals surface area contributed by atoms with Crippen LogP contribution in [0, 0.1) is 0 Å². The number of hydrogen-bond donors (Lipinski definition) is 1. The van der Waals surface area contributed by atoms with Gasteiger partial charge < -0.3 is 5.73 Å². The van der Waals surface area contributed by atoms with Crippen LogP contribution >= 0.6 is 22.9 Å². The van der Waals surface area contributed by atoms with E-state index in [4.69, 9.17) is 5.73 Å². The van der Waals surface area contributed by atoms with Gasteiger partial charge in [-0.1, -0.05) is 15.8 Å². The molecule has 0 atom stereocenters. The summed E-state index contributed by atoms with van der Waals surface area (Å²) in [5, 5.41) is 15.5. The van der Waals surface area contributed by atoms with E-state index < -0.39 is 0 Å². The predicted octanol–water partition coefficient (Wildman–Crippen LogP) is 0.558. The van der Waals surface area contributed by atoms with Crippen molar-refractivity contribution in [3.8, 4) is 10.7 Å². The lowest BCUT2D eigenvalue weighted by atomic mass is 10.5. The Balaban J connectivity index is 2.23. The predicted molar refractivity (Wildman–Crippen MR) is 51.6 cm³/mol. The van der Waals surface area contributed by atoms with Crippen molar-refractivity contribution < 1.29 is 0 Å². The SMILES string of the molecule is NCCc1nnc(-c2csnn2)s1. The third-order valence-corrected chi connectivity index (χ3v) is 2.91. The zero-order valence-corrected chi connectivity index (χ0v) is 8.31. The smallest absolute Gasteiger partial charge is 0.169 e. The van der Waals surface area contributed by atoms with Crippen LogP contribution in [0.2, 0.25) is 0 Å². The molecule has 7 heteroatoms. The zero-order valence-electron chi connectivity index (χ0n) is 6.67. The molecule has 0 aliphatic rings. The van der Waals surface area contributed by atoms with Gasteiger partial charge in [0.2, 0.25) is 0 Å². The lowest BCUT2D eigenvalue weighted by molar-refractivity contribution is 0.912. The van der Waals surface area contributed by atoms with Crippen LogP contribution in [-0.2, 0) is 6.42 Å². The summed E-state index contributed by atoms with van der Waals surface area (Å²) >= 11 is 2.83. The van der Waals surface area contributed by atoms with Gasteiger partial charge in [-0.15, -0.1) is 15.3 Å².